The lowest BCUT2D eigenvalue weighted by Crippen LogP contribution is -2.53. The molecule has 1 aromatic heterocycles. The molecular formula is C22H27N5O3. The van der Waals surface area contributed by atoms with Gasteiger partial charge in [0.2, 0.25) is 0 Å². The van der Waals surface area contributed by atoms with E-state index in [-0.39, 0.29) is 12.0 Å². The highest BCUT2D eigenvalue weighted by molar-refractivity contribution is 5.82. The maximum absolute atomic E-state index is 13.0. The van der Waals surface area contributed by atoms with E-state index in [0.717, 1.165) is 69.6 Å². The summed E-state index contributed by atoms with van der Waals surface area (Å²) in [6.45, 7) is 6.03. The number of anilines is 2. The van der Waals surface area contributed by atoms with E-state index in [9.17, 15) is 4.79 Å². The second kappa shape index (κ2) is 8.47. The number of nitrogens with zero attached hydrogens (tertiary/aromatic N) is 5. The molecule has 0 radical (unpaired) electrons. The molecule has 8 nitrogen and oxygen atoms in total. The van der Waals surface area contributed by atoms with Gasteiger partial charge in [-0.25, -0.2) is 9.97 Å². The molecule has 3 aliphatic heterocycles. The number of ether oxygens (including phenoxy) is 2. The van der Waals surface area contributed by atoms with Crippen molar-refractivity contribution >= 4 is 17.5 Å². The summed E-state index contributed by atoms with van der Waals surface area (Å²) < 4.78 is 11.4. The molecule has 8 heteroatoms. The number of morpholine rings is 1. The van der Waals surface area contributed by atoms with Crippen molar-refractivity contribution in [3.63, 3.8) is 0 Å². The Kier molecular flexibility index (Phi) is 5.40. The number of rotatable bonds is 3. The Hall–Kier alpha value is -2.87. The van der Waals surface area contributed by atoms with E-state index in [2.05, 4.69) is 25.8 Å². The number of aromatic nitrogens is 2. The van der Waals surface area contributed by atoms with Crippen LogP contribution in [-0.4, -0.2) is 79.4 Å². The second-order valence-corrected chi connectivity index (χ2v) is 7.90. The Morgan fingerprint density at radius 2 is 1.63 bits per heavy atom. The van der Waals surface area contributed by atoms with Crippen LogP contribution >= 0.6 is 0 Å². The molecule has 1 unspecified atom stereocenters. The maximum atomic E-state index is 13.0. The van der Waals surface area contributed by atoms with Gasteiger partial charge in [-0.2, -0.15) is 0 Å². The molecule has 158 valence electrons. The van der Waals surface area contributed by atoms with Crippen molar-refractivity contribution in [2.75, 3.05) is 62.3 Å². The monoisotopic (exact) mass is 409 g/mol. The predicted octanol–water partition coefficient (Wildman–Crippen LogP) is 1.36. The first-order valence-corrected chi connectivity index (χ1v) is 10.7. The highest BCUT2D eigenvalue weighted by atomic mass is 16.5. The molecule has 30 heavy (non-hydrogen) atoms. The molecule has 0 aliphatic carbocycles. The van der Waals surface area contributed by atoms with Crippen LogP contribution in [0.25, 0.3) is 0 Å². The smallest absolute Gasteiger partial charge is 0.263 e. The van der Waals surface area contributed by atoms with Gasteiger partial charge in [0.1, 0.15) is 23.7 Å². The number of aryl methyl sites for hydroxylation is 1. The highest BCUT2D eigenvalue weighted by Crippen LogP contribution is 2.28. The largest absolute Gasteiger partial charge is 0.480 e. The van der Waals surface area contributed by atoms with E-state index in [0.29, 0.717) is 13.1 Å². The fraction of sp³-hybridized carbons (Fsp3) is 0.500. The number of fused-ring (bicyclic) bond motifs is 1. The molecule has 2 aromatic rings. The zero-order chi connectivity index (χ0) is 20.3. The number of carbonyl (C=O) groups is 1. The molecule has 1 atom stereocenters. The molecule has 0 spiro atoms. The SMILES string of the molecule is O=C(C1CCc2ccccc2O1)N1CCN(c2cc(N3CCOCC3)ncn2)CC1. The van der Waals surface area contributed by atoms with Crippen LogP contribution in [-0.2, 0) is 16.0 Å². The topological polar surface area (TPSA) is 71.0 Å². The van der Waals surface area contributed by atoms with Gasteiger partial charge >= 0.3 is 0 Å². The Balaban J connectivity index is 1.19. The van der Waals surface area contributed by atoms with Crippen LogP contribution in [0.2, 0.25) is 0 Å². The third-order valence-corrected chi connectivity index (χ3v) is 6.08. The van der Waals surface area contributed by atoms with Crippen LogP contribution < -0.4 is 14.5 Å². The van der Waals surface area contributed by atoms with Gasteiger partial charge in [0.15, 0.2) is 6.10 Å². The van der Waals surface area contributed by atoms with E-state index in [1.807, 2.05) is 29.2 Å². The minimum atomic E-state index is -0.376. The van der Waals surface area contributed by atoms with Gasteiger partial charge in [-0.15, -0.1) is 0 Å². The van der Waals surface area contributed by atoms with Gasteiger partial charge in [0.05, 0.1) is 13.2 Å². The predicted molar refractivity (Wildman–Crippen MR) is 113 cm³/mol. The summed E-state index contributed by atoms with van der Waals surface area (Å²) in [5.74, 6) is 2.80. The third kappa shape index (κ3) is 3.92. The van der Waals surface area contributed by atoms with Crippen LogP contribution in [0.5, 0.6) is 5.75 Å². The van der Waals surface area contributed by atoms with Crippen molar-refractivity contribution in [3.8, 4) is 5.75 Å². The fourth-order valence-corrected chi connectivity index (χ4v) is 4.33. The number of hydrogen-bond acceptors (Lipinski definition) is 7. The molecule has 5 rings (SSSR count). The van der Waals surface area contributed by atoms with Gasteiger partial charge in [0.25, 0.3) is 5.91 Å². The first-order valence-electron chi connectivity index (χ1n) is 10.7. The molecule has 0 saturated carbocycles. The molecule has 2 saturated heterocycles. The quantitative estimate of drug-likeness (QED) is 0.758. The zero-order valence-electron chi connectivity index (χ0n) is 17.1. The van der Waals surface area contributed by atoms with E-state index in [1.54, 1.807) is 6.33 Å². The lowest BCUT2D eigenvalue weighted by molar-refractivity contribution is -0.139. The van der Waals surface area contributed by atoms with Crippen LogP contribution in [0, 0.1) is 0 Å². The summed E-state index contributed by atoms with van der Waals surface area (Å²) in [5, 5.41) is 0. The van der Waals surface area contributed by atoms with Crippen molar-refractivity contribution < 1.29 is 14.3 Å². The molecule has 3 aliphatic rings. The van der Waals surface area contributed by atoms with Gasteiger partial charge < -0.3 is 24.2 Å². The van der Waals surface area contributed by atoms with E-state index >= 15 is 0 Å². The highest BCUT2D eigenvalue weighted by Gasteiger charge is 2.32. The Morgan fingerprint density at radius 3 is 2.40 bits per heavy atom. The van der Waals surface area contributed by atoms with E-state index < -0.39 is 0 Å². The standard InChI is InChI=1S/C22H27N5O3/c28-22(19-6-5-17-3-1-2-4-18(17)30-19)27-9-7-25(8-10-27)20-15-21(24-16-23-20)26-11-13-29-14-12-26/h1-4,15-16,19H,5-14H2. The van der Waals surface area contributed by atoms with Crippen molar-refractivity contribution in [2.45, 2.75) is 18.9 Å². The van der Waals surface area contributed by atoms with Crippen molar-refractivity contribution in [1.82, 2.24) is 14.9 Å². The van der Waals surface area contributed by atoms with E-state index in [1.165, 1.54) is 5.56 Å². The van der Waals surface area contributed by atoms with Crippen LogP contribution in [0.4, 0.5) is 11.6 Å². The van der Waals surface area contributed by atoms with E-state index in [4.69, 9.17) is 9.47 Å². The minimum Gasteiger partial charge on any atom is -0.480 e. The Bertz CT molecular complexity index is 894. The number of carbonyl (C=O) groups excluding carboxylic acids is 1. The lowest BCUT2D eigenvalue weighted by Gasteiger charge is -2.38. The number of benzene rings is 1. The number of hydrogen-bond donors (Lipinski definition) is 0. The maximum Gasteiger partial charge on any atom is 0.263 e. The average Bonchev–Trinajstić information content (AvgIpc) is 2.84. The summed E-state index contributed by atoms with van der Waals surface area (Å²) >= 11 is 0. The van der Waals surface area contributed by atoms with Crippen molar-refractivity contribution in [1.29, 1.82) is 0 Å². The zero-order valence-corrected chi connectivity index (χ0v) is 17.1. The average molecular weight is 409 g/mol. The molecular weight excluding hydrogens is 382 g/mol. The molecule has 0 N–H and O–H groups in total. The van der Waals surface area contributed by atoms with Gasteiger partial charge in [-0.05, 0) is 24.5 Å². The minimum absolute atomic E-state index is 0.0980. The number of piperazine rings is 1. The molecule has 4 heterocycles. The third-order valence-electron chi connectivity index (χ3n) is 6.08. The summed E-state index contributed by atoms with van der Waals surface area (Å²) in [6, 6.07) is 10.0. The summed E-state index contributed by atoms with van der Waals surface area (Å²) in [5.41, 5.74) is 1.19. The summed E-state index contributed by atoms with van der Waals surface area (Å²) in [4.78, 5) is 28.3. The fourth-order valence-electron chi connectivity index (χ4n) is 4.33. The summed E-state index contributed by atoms with van der Waals surface area (Å²) in [7, 11) is 0. The lowest BCUT2D eigenvalue weighted by atomic mass is 10.0. The number of amides is 1. The van der Waals surface area contributed by atoms with Gasteiger partial charge in [-0.3, -0.25) is 4.79 Å². The van der Waals surface area contributed by atoms with Gasteiger partial charge in [-0.1, -0.05) is 18.2 Å². The van der Waals surface area contributed by atoms with Crippen molar-refractivity contribution in [3.05, 3.63) is 42.2 Å². The Labute approximate surface area is 176 Å². The second-order valence-electron chi connectivity index (χ2n) is 7.90. The molecule has 0 bridgehead atoms. The number of para-hydroxylation sites is 1. The van der Waals surface area contributed by atoms with Crippen LogP contribution in [0.1, 0.15) is 12.0 Å². The van der Waals surface area contributed by atoms with Gasteiger partial charge in [0, 0.05) is 45.3 Å². The normalized spacial score (nSPS) is 21.7. The molecule has 1 amide bonds. The van der Waals surface area contributed by atoms with Crippen molar-refractivity contribution in [2.24, 2.45) is 0 Å². The first-order chi connectivity index (χ1) is 14.8. The van der Waals surface area contributed by atoms with Crippen LogP contribution in [0.15, 0.2) is 36.7 Å². The summed E-state index contributed by atoms with van der Waals surface area (Å²) in [6.07, 6.45) is 2.88. The molecule has 1 aromatic carbocycles. The first kappa shape index (κ1) is 19.1. The Morgan fingerprint density at radius 1 is 0.933 bits per heavy atom. The molecule has 2 fully saturated rings. The van der Waals surface area contributed by atoms with Crippen LogP contribution in [0.3, 0.4) is 0 Å².